The van der Waals surface area contributed by atoms with E-state index in [-0.39, 0.29) is 12.0 Å². The normalized spacial score (nSPS) is 12.1. The Morgan fingerprint density at radius 1 is 1.53 bits per heavy atom. The van der Waals surface area contributed by atoms with Gasteiger partial charge in [-0.3, -0.25) is 9.78 Å². The zero-order valence-corrected chi connectivity index (χ0v) is 9.06. The molecule has 0 amide bonds. The van der Waals surface area contributed by atoms with E-state index in [9.17, 15) is 4.79 Å². The second kappa shape index (κ2) is 6.14. The fraction of sp³-hybridized carbons (Fsp3) is 0.455. The highest BCUT2D eigenvalue weighted by Gasteiger charge is 2.07. The van der Waals surface area contributed by atoms with Gasteiger partial charge in [-0.2, -0.15) is 0 Å². The van der Waals surface area contributed by atoms with Gasteiger partial charge < -0.3 is 10.1 Å². The summed E-state index contributed by atoms with van der Waals surface area (Å²) in [7, 11) is 1.40. The quantitative estimate of drug-likeness (QED) is 0.737. The monoisotopic (exact) mass is 208 g/mol. The number of rotatable bonds is 5. The summed E-state index contributed by atoms with van der Waals surface area (Å²) in [6, 6.07) is 4.00. The van der Waals surface area contributed by atoms with Crippen molar-refractivity contribution < 1.29 is 9.53 Å². The number of hydrogen-bond acceptors (Lipinski definition) is 4. The van der Waals surface area contributed by atoms with E-state index in [4.69, 9.17) is 0 Å². The summed E-state index contributed by atoms with van der Waals surface area (Å²) in [5.74, 6) is -0.190. The Balaban J connectivity index is 2.28. The summed E-state index contributed by atoms with van der Waals surface area (Å²) < 4.78 is 4.58. The molecule has 0 aliphatic rings. The van der Waals surface area contributed by atoms with Crippen LogP contribution in [0.15, 0.2) is 24.5 Å². The van der Waals surface area contributed by atoms with Gasteiger partial charge in [-0.05, 0) is 24.6 Å². The molecule has 0 spiro atoms. The van der Waals surface area contributed by atoms with Gasteiger partial charge in [0, 0.05) is 25.0 Å². The number of carbonyl (C=O) groups is 1. The first kappa shape index (κ1) is 11.7. The first-order valence-electron chi connectivity index (χ1n) is 4.91. The van der Waals surface area contributed by atoms with Gasteiger partial charge in [0.2, 0.25) is 0 Å². The van der Waals surface area contributed by atoms with Crippen LogP contribution in [0.5, 0.6) is 0 Å². The maximum Gasteiger partial charge on any atom is 0.307 e. The fourth-order valence-electron chi connectivity index (χ4n) is 1.20. The predicted octanol–water partition coefficient (Wildman–Crippen LogP) is 1.12. The van der Waals surface area contributed by atoms with Gasteiger partial charge in [-0.25, -0.2) is 0 Å². The number of pyridine rings is 1. The molecule has 1 heterocycles. The van der Waals surface area contributed by atoms with Crippen LogP contribution >= 0.6 is 0 Å². The fourth-order valence-corrected chi connectivity index (χ4v) is 1.20. The lowest BCUT2D eigenvalue weighted by atomic mass is 10.2. The minimum absolute atomic E-state index is 0.116. The number of hydrogen-bond donors (Lipinski definition) is 1. The summed E-state index contributed by atoms with van der Waals surface area (Å²) in [5.41, 5.74) is 1.15. The largest absolute Gasteiger partial charge is 0.469 e. The molecule has 0 radical (unpaired) electrons. The molecule has 0 fully saturated rings. The molecule has 1 aromatic rings. The van der Waals surface area contributed by atoms with E-state index in [1.54, 1.807) is 12.4 Å². The van der Waals surface area contributed by atoms with Crippen molar-refractivity contribution in [2.45, 2.75) is 25.9 Å². The van der Waals surface area contributed by atoms with Crippen LogP contribution < -0.4 is 5.32 Å². The molecular formula is C11H16N2O2. The second-order valence-electron chi connectivity index (χ2n) is 3.42. The standard InChI is InChI=1S/C11H16N2O2/c1-9(7-11(14)15-2)13-8-10-3-5-12-6-4-10/h3-6,9,13H,7-8H2,1-2H3/t9-/m1/s1. The number of carbonyl (C=O) groups excluding carboxylic acids is 1. The lowest BCUT2D eigenvalue weighted by Crippen LogP contribution is -2.28. The molecular weight excluding hydrogens is 192 g/mol. The Morgan fingerprint density at radius 3 is 2.80 bits per heavy atom. The van der Waals surface area contributed by atoms with Gasteiger partial charge >= 0.3 is 5.97 Å². The van der Waals surface area contributed by atoms with Gasteiger partial charge in [0.1, 0.15) is 0 Å². The summed E-state index contributed by atoms with van der Waals surface area (Å²) in [4.78, 5) is 14.9. The van der Waals surface area contributed by atoms with Crippen LogP contribution in [0.4, 0.5) is 0 Å². The van der Waals surface area contributed by atoms with Gasteiger partial charge in [0.05, 0.1) is 13.5 Å². The average molecular weight is 208 g/mol. The zero-order chi connectivity index (χ0) is 11.1. The van der Waals surface area contributed by atoms with E-state index >= 15 is 0 Å². The van der Waals surface area contributed by atoms with Gasteiger partial charge in [0.25, 0.3) is 0 Å². The minimum Gasteiger partial charge on any atom is -0.469 e. The number of ether oxygens (including phenoxy) is 1. The maximum absolute atomic E-state index is 11.0. The molecule has 15 heavy (non-hydrogen) atoms. The molecule has 0 saturated heterocycles. The Kier molecular flexibility index (Phi) is 4.77. The summed E-state index contributed by atoms with van der Waals surface area (Å²) in [6.45, 7) is 2.69. The molecule has 4 heteroatoms. The molecule has 0 saturated carbocycles. The van der Waals surface area contributed by atoms with Gasteiger partial charge in [0.15, 0.2) is 0 Å². The third kappa shape index (κ3) is 4.56. The van der Waals surface area contributed by atoms with Crippen LogP contribution in [0, 0.1) is 0 Å². The Bertz CT molecular complexity index is 301. The van der Waals surface area contributed by atoms with Gasteiger partial charge in [-0.15, -0.1) is 0 Å². The summed E-state index contributed by atoms with van der Waals surface area (Å²) in [5, 5.41) is 3.24. The van der Waals surface area contributed by atoms with E-state index in [0.717, 1.165) is 12.1 Å². The lowest BCUT2D eigenvalue weighted by molar-refractivity contribution is -0.141. The van der Waals surface area contributed by atoms with Crippen LogP contribution in [0.3, 0.4) is 0 Å². The Labute approximate surface area is 89.7 Å². The van der Waals surface area contributed by atoms with Crippen molar-refractivity contribution in [3.63, 3.8) is 0 Å². The van der Waals surface area contributed by atoms with E-state index in [0.29, 0.717) is 6.42 Å². The van der Waals surface area contributed by atoms with Crippen molar-refractivity contribution in [3.05, 3.63) is 30.1 Å². The van der Waals surface area contributed by atoms with E-state index in [1.165, 1.54) is 7.11 Å². The molecule has 0 bridgehead atoms. The molecule has 1 atom stereocenters. The van der Waals surface area contributed by atoms with E-state index in [1.807, 2.05) is 19.1 Å². The van der Waals surface area contributed by atoms with E-state index < -0.39 is 0 Å². The SMILES string of the molecule is COC(=O)C[C@@H](C)NCc1ccncc1. The highest BCUT2D eigenvalue weighted by molar-refractivity contribution is 5.69. The van der Waals surface area contributed by atoms with Crippen molar-refractivity contribution in [3.8, 4) is 0 Å². The van der Waals surface area contributed by atoms with Crippen LogP contribution in [0.25, 0.3) is 0 Å². The van der Waals surface area contributed by atoms with Crippen molar-refractivity contribution in [1.82, 2.24) is 10.3 Å². The number of nitrogens with one attached hydrogen (secondary N) is 1. The third-order valence-corrected chi connectivity index (χ3v) is 2.10. The number of esters is 1. The number of aromatic nitrogens is 1. The number of nitrogens with zero attached hydrogens (tertiary/aromatic N) is 1. The molecule has 1 N–H and O–H groups in total. The minimum atomic E-state index is -0.190. The van der Waals surface area contributed by atoms with Crippen molar-refractivity contribution in [1.29, 1.82) is 0 Å². The molecule has 1 rings (SSSR count). The van der Waals surface area contributed by atoms with E-state index in [2.05, 4.69) is 15.0 Å². The van der Waals surface area contributed by atoms with Crippen LogP contribution in [0.1, 0.15) is 18.9 Å². The summed E-state index contributed by atoms with van der Waals surface area (Å²) in [6.07, 6.45) is 3.89. The van der Waals surface area contributed by atoms with Crippen LogP contribution in [-0.4, -0.2) is 24.1 Å². The zero-order valence-electron chi connectivity index (χ0n) is 9.06. The van der Waals surface area contributed by atoms with Crippen molar-refractivity contribution in [2.75, 3.05) is 7.11 Å². The molecule has 1 aromatic heterocycles. The topological polar surface area (TPSA) is 51.2 Å². The third-order valence-electron chi connectivity index (χ3n) is 2.10. The molecule has 82 valence electrons. The molecule has 0 aromatic carbocycles. The second-order valence-corrected chi connectivity index (χ2v) is 3.42. The smallest absolute Gasteiger partial charge is 0.307 e. The molecule has 0 aliphatic heterocycles. The number of methoxy groups -OCH3 is 1. The molecule has 0 aliphatic carbocycles. The molecule has 0 unspecified atom stereocenters. The average Bonchev–Trinajstić information content (AvgIpc) is 2.27. The van der Waals surface area contributed by atoms with Crippen LogP contribution in [0.2, 0.25) is 0 Å². The first-order chi connectivity index (χ1) is 7.22. The highest BCUT2D eigenvalue weighted by atomic mass is 16.5. The van der Waals surface area contributed by atoms with Crippen LogP contribution in [-0.2, 0) is 16.1 Å². The first-order valence-corrected chi connectivity index (χ1v) is 4.91. The highest BCUT2D eigenvalue weighted by Crippen LogP contribution is 1.98. The maximum atomic E-state index is 11.0. The Morgan fingerprint density at radius 2 is 2.20 bits per heavy atom. The molecule has 4 nitrogen and oxygen atoms in total. The summed E-state index contributed by atoms with van der Waals surface area (Å²) >= 11 is 0. The van der Waals surface area contributed by atoms with Crippen molar-refractivity contribution in [2.24, 2.45) is 0 Å². The lowest BCUT2D eigenvalue weighted by Gasteiger charge is -2.12. The Hall–Kier alpha value is -1.42. The van der Waals surface area contributed by atoms with Gasteiger partial charge in [-0.1, -0.05) is 0 Å². The predicted molar refractivity (Wildman–Crippen MR) is 57.2 cm³/mol. The van der Waals surface area contributed by atoms with Crippen molar-refractivity contribution >= 4 is 5.97 Å².